The van der Waals surface area contributed by atoms with Gasteiger partial charge in [0, 0.05) is 35.4 Å². The number of hydrogen-bond acceptors (Lipinski definition) is 2. The molecular formula is C20H37IO2Si2. The molecule has 0 unspecified atom stereocenters. The largest absolute Gasteiger partial charge is 0.410 e. The molecule has 0 amide bonds. The Morgan fingerprint density at radius 2 is 1.48 bits per heavy atom. The maximum atomic E-state index is 6.96. The summed E-state index contributed by atoms with van der Waals surface area (Å²) in [5.74, 6) is 3.29. The zero-order chi connectivity index (χ0) is 19.0. The predicted octanol–water partition coefficient (Wildman–Crippen LogP) is 6.88. The molecule has 0 aromatic rings. The van der Waals surface area contributed by atoms with E-state index >= 15 is 0 Å². The predicted molar refractivity (Wildman–Crippen MR) is 123 cm³/mol. The average Bonchev–Trinajstić information content (AvgIpc) is 3.05. The Kier molecular flexibility index (Phi) is 9.98. The molecule has 0 aromatic carbocycles. The van der Waals surface area contributed by atoms with E-state index in [-0.39, 0.29) is 11.7 Å². The van der Waals surface area contributed by atoms with Crippen molar-refractivity contribution < 1.29 is 8.85 Å². The van der Waals surface area contributed by atoms with E-state index in [1.807, 2.05) is 0 Å². The molecule has 0 aromatic heterocycles. The molecule has 5 heteroatoms. The monoisotopic (exact) mass is 492 g/mol. The van der Waals surface area contributed by atoms with Crippen LogP contribution in [-0.4, -0.2) is 28.3 Å². The van der Waals surface area contributed by atoms with E-state index in [9.17, 15) is 0 Å². The van der Waals surface area contributed by atoms with Crippen molar-refractivity contribution in [1.82, 2.24) is 0 Å². The van der Waals surface area contributed by atoms with E-state index in [2.05, 4.69) is 86.1 Å². The lowest BCUT2D eigenvalue weighted by molar-refractivity contribution is 0.0781. The van der Waals surface area contributed by atoms with Crippen LogP contribution in [0.5, 0.6) is 0 Å². The van der Waals surface area contributed by atoms with Crippen molar-refractivity contribution in [2.75, 3.05) is 0 Å². The second-order valence-electron chi connectivity index (χ2n) is 7.32. The highest BCUT2D eigenvalue weighted by molar-refractivity contribution is 14.1. The molecule has 1 aliphatic carbocycles. The maximum Gasteiger partial charge on any atom is 0.193 e. The second kappa shape index (κ2) is 10.6. The van der Waals surface area contributed by atoms with Crippen LogP contribution in [0.3, 0.4) is 0 Å². The van der Waals surface area contributed by atoms with Crippen molar-refractivity contribution in [2.45, 2.75) is 102 Å². The van der Waals surface area contributed by atoms with Gasteiger partial charge >= 0.3 is 0 Å². The third-order valence-corrected chi connectivity index (χ3v) is 16.1. The van der Waals surface area contributed by atoms with E-state index in [0.717, 1.165) is 12.8 Å². The van der Waals surface area contributed by atoms with Crippen molar-refractivity contribution in [3.63, 3.8) is 0 Å². The van der Waals surface area contributed by atoms with Crippen LogP contribution in [0, 0.1) is 9.85 Å². The smallest absolute Gasteiger partial charge is 0.193 e. The fourth-order valence-electron chi connectivity index (χ4n) is 3.98. The summed E-state index contributed by atoms with van der Waals surface area (Å²) in [6.45, 7) is 13.8. The topological polar surface area (TPSA) is 18.5 Å². The lowest BCUT2D eigenvalue weighted by atomic mass is 9.99. The van der Waals surface area contributed by atoms with Gasteiger partial charge in [0.05, 0.1) is 11.7 Å². The molecule has 0 saturated carbocycles. The third-order valence-electron chi connectivity index (χ3n) is 6.30. The van der Waals surface area contributed by atoms with Crippen molar-refractivity contribution in [1.29, 1.82) is 0 Å². The van der Waals surface area contributed by atoms with Crippen molar-refractivity contribution in [3.8, 4) is 9.85 Å². The number of halogens is 1. The van der Waals surface area contributed by atoms with Crippen LogP contribution in [-0.2, 0) is 8.85 Å². The Hall–Kier alpha value is 0.384. The average molecular weight is 493 g/mol. The molecule has 1 rings (SSSR count). The molecule has 0 saturated heterocycles. The minimum absolute atomic E-state index is 0.208. The first kappa shape index (κ1) is 23.4. The van der Waals surface area contributed by atoms with E-state index in [1.54, 1.807) is 0 Å². The molecule has 1 aliphatic rings. The standard InChI is InChI=1S/C20H37IO2Si2/c1-7-24(8-2,9-3)22-19-14-16-20(18-19,15-13-17-21)23-25(10-4,11-5)12-6/h14,16,19H,7-12,15,18H2,1-6H3/t19-,20+/m1/s1. The summed E-state index contributed by atoms with van der Waals surface area (Å²) in [4.78, 5) is 0. The first-order valence-corrected chi connectivity index (χ1v) is 16.2. The van der Waals surface area contributed by atoms with Gasteiger partial charge in [-0.25, -0.2) is 0 Å². The van der Waals surface area contributed by atoms with Crippen LogP contribution in [0.4, 0.5) is 0 Å². The Morgan fingerprint density at radius 1 is 0.960 bits per heavy atom. The van der Waals surface area contributed by atoms with Crippen LogP contribution in [0.1, 0.15) is 54.4 Å². The van der Waals surface area contributed by atoms with Gasteiger partial charge in [0.15, 0.2) is 16.6 Å². The number of hydrogen-bond donors (Lipinski definition) is 0. The lowest BCUT2D eigenvalue weighted by Crippen LogP contribution is -2.47. The molecule has 0 radical (unpaired) electrons. The van der Waals surface area contributed by atoms with E-state index in [0.29, 0.717) is 0 Å². The quantitative estimate of drug-likeness (QED) is 0.135. The molecule has 0 spiro atoms. The fourth-order valence-corrected chi connectivity index (χ4v) is 10.00. The summed E-state index contributed by atoms with van der Waals surface area (Å²) in [5, 5.41) is 0. The molecule has 0 fully saturated rings. The van der Waals surface area contributed by atoms with Crippen molar-refractivity contribution in [3.05, 3.63) is 12.2 Å². The van der Waals surface area contributed by atoms with Crippen molar-refractivity contribution >= 4 is 39.2 Å². The summed E-state index contributed by atoms with van der Waals surface area (Å²) in [7, 11) is -3.28. The Bertz CT molecular complexity index is 473. The number of rotatable bonds is 11. The maximum absolute atomic E-state index is 6.96. The van der Waals surface area contributed by atoms with Crippen LogP contribution >= 0.6 is 22.6 Å². The molecular weight excluding hydrogens is 455 g/mol. The third kappa shape index (κ3) is 5.93. The highest BCUT2D eigenvalue weighted by atomic mass is 127. The summed E-state index contributed by atoms with van der Waals surface area (Å²) < 4.78 is 16.7. The zero-order valence-electron chi connectivity index (χ0n) is 17.1. The summed E-state index contributed by atoms with van der Waals surface area (Å²) in [6, 6.07) is 7.12. The first-order valence-electron chi connectivity index (χ1n) is 10.1. The van der Waals surface area contributed by atoms with Crippen LogP contribution < -0.4 is 0 Å². The van der Waals surface area contributed by atoms with Gasteiger partial charge in [0.1, 0.15) is 0 Å². The first-order chi connectivity index (χ1) is 11.9. The van der Waals surface area contributed by atoms with Gasteiger partial charge < -0.3 is 8.85 Å². The van der Waals surface area contributed by atoms with Gasteiger partial charge in [-0.15, -0.1) is 0 Å². The van der Waals surface area contributed by atoms with Gasteiger partial charge in [-0.05, 0) is 40.2 Å². The van der Waals surface area contributed by atoms with Gasteiger partial charge in [-0.1, -0.05) is 59.6 Å². The fraction of sp³-hybridized carbons (Fsp3) is 0.800. The molecule has 25 heavy (non-hydrogen) atoms. The summed E-state index contributed by atoms with van der Waals surface area (Å²) >= 11 is 2.14. The normalized spacial score (nSPS) is 23.6. The summed E-state index contributed by atoms with van der Waals surface area (Å²) in [6.07, 6.45) is 6.51. The van der Waals surface area contributed by atoms with Gasteiger partial charge in [-0.3, -0.25) is 0 Å². The molecule has 0 heterocycles. The minimum atomic E-state index is -1.68. The highest BCUT2D eigenvalue weighted by Crippen LogP contribution is 2.39. The summed E-state index contributed by atoms with van der Waals surface area (Å²) in [5.41, 5.74) is -0.230. The molecule has 0 N–H and O–H groups in total. The van der Waals surface area contributed by atoms with Crippen molar-refractivity contribution in [2.24, 2.45) is 0 Å². The lowest BCUT2D eigenvalue weighted by Gasteiger charge is -2.40. The van der Waals surface area contributed by atoms with Crippen LogP contribution in [0.2, 0.25) is 36.3 Å². The second-order valence-corrected chi connectivity index (χ2v) is 17.3. The van der Waals surface area contributed by atoms with E-state index in [4.69, 9.17) is 8.85 Å². The zero-order valence-corrected chi connectivity index (χ0v) is 21.2. The Morgan fingerprint density at radius 3 is 1.92 bits per heavy atom. The van der Waals surface area contributed by atoms with E-state index in [1.165, 1.54) is 36.3 Å². The van der Waals surface area contributed by atoms with E-state index < -0.39 is 16.6 Å². The Labute approximate surface area is 171 Å². The molecule has 2 atom stereocenters. The molecule has 144 valence electrons. The Balaban J connectivity index is 2.99. The van der Waals surface area contributed by atoms with Gasteiger partial charge in [-0.2, -0.15) is 0 Å². The SMILES string of the molecule is CC[Si](CC)(CC)O[C@@H]1C=C[C@](CC#CI)(O[Si](CC)(CC)CC)C1. The van der Waals surface area contributed by atoms with Gasteiger partial charge in [0.2, 0.25) is 0 Å². The highest BCUT2D eigenvalue weighted by Gasteiger charge is 2.44. The van der Waals surface area contributed by atoms with Gasteiger partial charge in [0.25, 0.3) is 0 Å². The minimum Gasteiger partial charge on any atom is -0.410 e. The van der Waals surface area contributed by atoms with Crippen LogP contribution in [0.15, 0.2) is 12.2 Å². The molecule has 2 nitrogen and oxygen atoms in total. The molecule has 0 aliphatic heterocycles. The van der Waals surface area contributed by atoms with Crippen LogP contribution in [0.25, 0.3) is 0 Å². The molecule has 0 bridgehead atoms.